The van der Waals surface area contributed by atoms with Crippen LogP contribution < -0.4 is 10.7 Å². The molecule has 1 aromatic heterocycles. The van der Waals surface area contributed by atoms with Crippen LogP contribution in [0.4, 0.5) is 5.69 Å². The van der Waals surface area contributed by atoms with Crippen molar-refractivity contribution in [2.45, 2.75) is 27.7 Å². The van der Waals surface area contributed by atoms with Gasteiger partial charge in [-0.1, -0.05) is 12.1 Å². The van der Waals surface area contributed by atoms with Crippen molar-refractivity contribution >= 4 is 22.6 Å². The molecule has 0 aliphatic carbocycles. The molecule has 0 aliphatic heterocycles. The zero-order chi connectivity index (χ0) is 17.4. The molecule has 0 saturated heterocycles. The van der Waals surface area contributed by atoms with Crippen LogP contribution in [0.2, 0.25) is 0 Å². The number of aryl methyl sites for hydroxylation is 3. The summed E-state index contributed by atoms with van der Waals surface area (Å²) in [5.74, 6) is -0.419. The van der Waals surface area contributed by atoms with Crippen molar-refractivity contribution in [1.29, 1.82) is 0 Å². The van der Waals surface area contributed by atoms with Gasteiger partial charge in [0.1, 0.15) is 5.58 Å². The van der Waals surface area contributed by atoms with Gasteiger partial charge >= 0.3 is 0 Å². The molecule has 0 bridgehead atoms. The smallest absolute Gasteiger partial charge is 0.291 e. The van der Waals surface area contributed by atoms with E-state index in [1.54, 1.807) is 12.1 Å². The summed E-state index contributed by atoms with van der Waals surface area (Å²) in [6, 6.07) is 10.5. The lowest BCUT2D eigenvalue weighted by Crippen LogP contribution is -2.16. The van der Waals surface area contributed by atoms with Crippen LogP contribution in [0.15, 0.2) is 45.6 Å². The Kier molecular flexibility index (Phi) is 3.97. The molecule has 0 radical (unpaired) electrons. The second kappa shape index (κ2) is 5.96. The van der Waals surface area contributed by atoms with Crippen molar-refractivity contribution in [1.82, 2.24) is 0 Å². The summed E-state index contributed by atoms with van der Waals surface area (Å²) < 4.78 is 5.67. The van der Waals surface area contributed by atoms with E-state index in [9.17, 15) is 9.59 Å². The van der Waals surface area contributed by atoms with E-state index < -0.39 is 5.91 Å². The van der Waals surface area contributed by atoms with Crippen LogP contribution >= 0.6 is 0 Å². The SMILES string of the molecule is Cc1cc2oc(C(=O)Nc3cccc(C)c3C)cc(=O)c2cc1C. The lowest BCUT2D eigenvalue weighted by molar-refractivity contribution is 0.0997. The van der Waals surface area contributed by atoms with E-state index in [0.717, 1.165) is 22.3 Å². The highest BCUT2D eigenvalue weighted by Crippen LogP contribution is 2.21. The summed E-state index contributed by atoms with van der Waals surface area (Å²) in [6.07, 6.45) is 0. The Morgan fingerprint density at radius 2 is 1.67 bits per heavy atom. The minimum Gasteiger partial charge on any atom is -0.451 e. The third-order valence-corrected chi connectivity index (χ3v) is 4.42. The van der Waals surface area contributed by atoms with E-state index in [1.807, 2.05) is 45.9 Å². The van der Waals surface area contributed by atoms with E-state index in [4.69, 9.17) is 4.42 Å². The highest BCUT2D eigenvalue weighted by atomic mass is 16.3. The lowest BCUT2D eigenvalue weighted by Gasteiger charge is -2.10. The van der Waals surface area contributed by atoms with Gasteiger partial charge in [-0.05, 0) is 68.1 Å². The molecule has 0 aliphatic rings. The maximum absolute atomic E-state index is 12.5. The summed E-state index contributed by atoms with van der Waals surface area (Å²) >= 11 is 0. The average Bonchev–Trinajstić information content (AvgIpc) is 2.53. The van der Waals surface area contributed by atoms with Crippen molar-refractivity contribution in [2.75, 3.05) is 5.32 Å². The first-order valence-electron chi connectivity index (χ1n) is 7.79. The Bertz CT molecular complexity index is 1020. The summed E-state index contributed by atoms with van der Waals surface area (Å²) in [5.41, 5.74) is 5.02. The fourth-order valence-electron chi connectivity index (χ4n) is 2.59. The lowest BCUT2D eigenvalue weighted by atomic mass is 10.1. The molecule has 4 nitrogen and oxygen atoms in total. The van der Waals surface area contributed by atoms with Crippen molar-refractivity contribution < 1.29 is 9.21 Å². The van der Waals surface area contributed by atoms with Crippen molar-refractivity contribution in [3.8, 4) is 0 Å². The zero-order valence-electron chi connectivity index (χ0n) is 14.2. The predicted octanol–water partition coefficient (Wildman–Crippen LogP) is 4.28. The van der Waals surface area contributed by atoms with Crippen LogP contribution in [0.1, 0.15) is 32.8 Å². The summed E-state index contributed by atoms with van der Waals surface area (Å²) in [7, 11) is 0. The van der Waals surface area contributed by atoms with E-state index in [1.165, 1.54) is 6.07 Å². The maximum Gasteiger partial charge on any atom is 0.291 e. The van der Waals surface area contributed by atoms with E-state index >= 15 is 0 Å². The molecular weight excluding hydrogens is 302 g/mol. The number of nitrogens with one attached hydrogen (secondary N) is 1. The monoisotopic (exact) mass is 321 g/mol. The van der Waals surface area contributed by atoms with Gasteiger partial charge in [0.2, 0.25) is 0 Å². The molecule has 0 unspecified atom stereocenters. The Morgan fingerprint density at radius 1 is 0.958 bits per heavy atom. The van der Waals surface area contributed by atoms with Gasteiger partial charge in [0.05, 0.1) is 5.39 Å². The molecule has 3 rings (SSSR count). The first-order valence-corrected chi connectivity index (χ1v) is 7.79. The van der Waals surface area contributed by atoms with Crippen LogP contribution in [0, 0.1) is 27.7 Å². The van der Waals surface area contributed by atoms with Crippen molar-refractivity contribution in [2.24, 2.45) is 0 Å². The molecule has 0 fully saturated rings. The average molecular weight is 321 g/mol. The Hall–Kier alpha value is -2.88. The second-order valence-corrected chi connectivity index (χ2v) is 6.11. The highest BCUT2D eigenvalue weighted by Gasteiger charge is 2.14. The van der Waals surface area contributed by atoms with Gasteiger partial charge in [0, 0.05) is 11.8 Å². The highest BCUT2D eigenvalue weighted by molar-refractivity contribution is 6.03. The number of anilines is 1. The minimum atomic E-state index is -0.430. The van der Waals surface area contributed by atoms with Gasteiger partial charge in [0.25, 0.3) is 5.91 Å². The van der Waals surface area contributed by atoms with Gasteiger partial charge in [0.15, 0.2) is 11.2 Å². The molecule has 24 heavy (non-hydrogen) atoms. The van der Waals surface area contributed by atoms with E-state index in [-0.39, 0.29) is 11.2 Å². The minimum absolute atomic E-state index is 0.0108. The molecule has 1 heterocycles. The van der Waals surface area contributed by atoms with Crippen molar-refractivity contribution in [3.63, 3.8) is 0 Å². The van der Waals surface area contributed by atoms with Gasteiger partial charge in [-0.15, -0.1) is 0 Å². The number of hydrogen-bond acceptors (Lipinski definition) is 3. The first-order chi connectivity index (χ1) is 11.4. The number of amides is 1. The van der Waals surface area contributed by atoms with Crippen LogP contribution in [0.25, 0.3) is 11.0 Å². The zero-order valence-corrected chi connectivity index (χ0v) is 14.2. The van der Waals surface area contributed by atoms with Crippen LogP contribution in [0.5, 0.6) is 0 Å². The normalized spacial score (nSPS) is 10.8. The van der Waals surface area contributed by atoms with Gasteiger partial charge in [-0.2, -0.15) is 0 Å². The Balaban J connectivity index is 2.03. The number of rotatable bonds is 2. The van der Waals surface area contributed by atoms with Gasteiger partial charge in [-0.25, -0.2) is 0 Å². The fraction of sp³-hybridized carbons (Fsp3) is 0.200. The number of carbonyl (C=O) groups excluding carboxylic acids is 1. The molecular formula is C20H19NO3. The van der Waals surface area contributed by atoms with Crippen molar-refractivity contribution in [3.05, 3.63) is 74.6 Å². The standard InChI is InChI=1S/C20H19NO3/c1-11-6-5-7-16(14(11)4)21-20(23)19-10-17(22)15-8-12(2)13(3)9-18(15)24-19/h5-10H,1-4H3,(H,21,23). The molecule has 3 aromatic rings. The second-order valence-electron chi connectivity index (χ2n) is 6.11. The molecule has 122 valence electrons. The van der Waals surface area contributed by atoms with Crippen LogP contribution in [-0.4, -0.2) is 5.91 Å². The first kappa shape index (κ1) is 16.0. The Labute approximate surface area is 140 Å². The molecule has 1 N–H and O–H groups in total. The number of benzene rings is 2. The van der Waals surface area contributed by atoms with Gasteiger partial charge in [-0.3, -0.25) is 9.59 Å². The van der Waals surface area contributed by atoms with Crippen LogP contribution in [0.3, 0.4) is 0 Å². The van der Waals surface area contributed by atoms with E-state index in [0.29, 0.717) is 16.7 Å². The summed E-state index contributed by atoms with van der Waals surface area (Å²) in [5, 5.41) is 3.30. The maximum atomic E-state index is 12.5. The van der Waals surface area contributed by atoms with Gasteiger partial charge < -0.3 is 9.73 Å². The quantitative estimate of drug-likeness (QED) is 0.766. The molecule has 4 heteroatoms. The molecule has 0 saturated carbocycles. The molecule has 0 atom stereocenters. The topological polar surface area (TPSA) is 59.3 Å². The van der Waals surface area contributed by atoms with Crippen LogP contribution in [-0.2, 0) is 0 Å². The fourth-order valence-corrected chi connectivity index (χ4v) is 2.59. The molecule has 2 aromatic carbocycles. The Morgan fingerprint density at radius 3 is 2.42 bits per heavy atom. The number of hydrogen-bond donors (Lipinski definition) is 1. The van der Waals surface area contributed by atoms with E-state index in [2.05, 4.69) is 5.32 Å². The summed E-state index contributed by atoms with van der Waals surface area (Å²) in [4.78, 5) is 24.8. The largest absolute Gasteiger partial charge is 0.451 e. The number of carbonyl (C=O) groups is 1. The molecule has 0 spiro atoms. The number of fused-ring (bicyclic) bond motifs is 1. The summed E-state index contributed by atoms with van der Waals surface area (Å²) in [6.45, 7) is 7.80. The third-order valence-electron chi connectivity index (χ3n) is 4.42. The predicted molar refractivity (Wildman–Crippen MR) is 95.8 cm³/mol. The molecule has 1 amide bonds. The third kappa shape index (κ3) is 2.83.